The van der Waals surface area contributed by atoms with E-state index in [-0.39, 0.29) is 11.7 Å². The molecule has 0 aromatic heterocycles. The molecule has 0 atom stereocenters. The fraction of sp³-hybridized carbons (Fsp3) is 0.462. The lowest BCUT2D eigenvalue weighted by Gasteiger charge is -2.17. The molecule has 1 saturated heterocycles. The van der Waals surface area contributed by atoms with E-state index >= 15 is 0 Å². The molecule has 1 fully saturated rings. The van der Waals surface area contributed by atoms with Gasteiger partial charge in [-0.2, -0.15) is 0 Å². The number of carbonyl (C=O) groups is 1. The second-order valence-corrected chi connectivity index (χ2v) is 6.60. The number of nitrogens with one attached hydrogen (secondary N) is 1. The number of benzene rings is 1. The van der Waals surface area contributed by atoms with Gasteiger partial charge in [-0.1, -0.05) is 13.0 Å². The van der Waals surface area contributed by atoms with E-state index in [9.17, 15) is 13.2 Å². The standard InChI is InChI=1S/C13H18N2O3S/c1-2-5-13(16)14-11-6-3-7-12(10-11)15-8-4-9-19(15,17)18/h3,6-7,10H,2,4-5,8-9H2,1H3,(H,14,16). The highest BCUT2D eigenvalue weighted by Crippen LogP contribution is 2.26. The molecule has 5 nitrogen and oxygen atoms in total. The van der Waals surface area contributed by atoms with E-state index in [2.05, 4.69) is 5.32 Å². The van der Waals surface area contributed by atoms with Gasteiger partial charge < -0.3 is 5.32 Å². The quantitative estimate of drug-likeness (QED) is 0.918. The molecular formula is C13H18N2O3S. The number of nitrogens with zero attached hydrogens (tertiary/aromatic N) is 1. The minimum absolute atomic E-state index is 0.0519. The van der Waals surface area contributed by atoms with Crippen LogP contribution in [0, 0.1) is 0 Å². The minimum atomic E-state index is -3.17. The molecule has 0 spiro atoms. The van der Waals surface area contributed by atoms with Crippen molar-refractivity contribution >= 4 is 27.3 Å². The Balaban J connectivity index is 2.18. The summed E-state index contributed by atoms with van der Waals surface area (Å²) < 4.78 is 25.1. The monoisotopic (exact) mass is 282 g/mol. The highest BCUT2D eigenvalue weighted by atomic mass is 32.2. The summed E-state index contributed by atoms with van der Waals surface area (Å²) in [6.45, 7) is 2.45. The largest absolute Gasteiger partial charge is 0.326 e. The number of sulfonamides is 1. The Morgan fingerprint density at radius 2 is 2.21 bits per heavy atom. The average molecular weight is 282 g/mol. The Bertz CT molecular complexity index is 569. The zero-order chi connectivity index (χ0) is 13.9. The Hall–Kier alpha value is -1.56. The summed E-state index contributed by atoms with van der Waals surface area (Å²) in [7, 11) is -3.17. The number of amides is 1. The van der Waals surface area contributed by atoms with Gasteiger partial charge in [0.25, 0.3) is 0 Å². The summed E-state index contributed by atoms with van der Waals surface area (Å²) in [5.74, 6) is 0.142. The van der Waals surface area contributed by atoms with Gasteiger partial charge in [-0.3, -0.25) is 9.10 Å². The second-order valence-electron chi connectivity index (χ2n) is 4.59. The third-order valence-corrected chi connectivity index (χ3v) is 4.86. The zero-order valence-corrected chi connectivity index (χ0v) is 11.7. The SMILES string of the molecule is CCCC(=O)Nc1cccc(N2CCCS2(=O)=O)c1. The van der Waals surface area contributed by atoms with Crippen LogP contribution in [0.3, 0.4) is 0 Å². The highest BCUT2D eigenvalue weighted by molar-refractivity contribution is 7.93. The van der Waals surface area contributed by atoms with E-state index in [0.29, 0.717) is 30.8 Å². The van der Waals surface area contributed by atoms with Crippen molar-refractivity contribution in [3.05, 3.63) is 24.3 Å². The summed E-state index contributed by atoms with van der Waals surface area (Å²) in [5, 5.41) is 2.77. The van der Waals surface area contributed by atoms with Crippen LogP contribution in [-0.2, 0) is 14.8 Å². The number of anilines is 2. The fourth-order valence-corrected chi connectivity index (χ4v) is 3.68. The molecule has 0 radical (unpaired) electrons. The van der Waals surface area contributed by atoms with Crippen LogP contribution < -0.4 is 9.62 Å². The second kappa shape index (κ2) is 5.61. The van der Waals surface area contributed by atoms with E-state index < -0.39 is 10.0 Å². The van der Waals surface area contributed by atoms with Crippen LogP contribution in [0.2, 0.25) is 0 Å². The van der Waals surface area contributed by atoms with Crippen molar-refractivity contribution in [2.45, 2.75) is 26.2 Å². The molecular weight excluding hydrogens is 264 g/mol. The molecule has 1 heterocycles. The van der Waals surface area contributed by atoms with E-state index in [4.69, 9.17) is 0 Å². The van der Waals surface area contributed by atoms with Crippen molar-refractivity contribution in [2.75, 3.05) is 21.9 Å². The number of rotatable bonds is 4. The van der Waals surface area contributed by atoms with Crippen molar-refractivity contribution in [3.8, 4) is 0 Å². The van der Waals surface area contributed by atoms with Gasteiger partial charge in [-0.15, -0.1) is 0 Å². The first-order chi connectivity index (χ1) is 9.03. The van der Waals surface area contributed by atoms with E-state index in [1.54, 1.807) is 24.3 Å². The minimum Gasteiger partial charge on any atom is -0.326 e. The molecule has 0 bridgehead atoms. The smallest absolute Gasteiger partial charge is 0.235 e. The molecule has 0 saturated carbocycles. The summed E-state index contributed by atoms with van der Waals surface area (Å²) in [6, 6.07) is 6.97. The first-order valence-corrected chi connectivity index (χ1v) is 8.04. The van der Waals surface area contributed by atoms with Gasteiger partial charge in [0.1, 0.15) is 0 Å². The number of hydrogen-bond acceptors (Lipinski definition) is 3. The van der Waals surface area contributed by atoms with Gasteiger partial charge in [-0.05, 0) is 31.0 Å². The molecule has 1 aliphatic heterocycles. The molecule has 104 valence electrons. The lowest BCUT2D eigenvalue weighted by atomic mass is 10.2. The molecule has 19 heavy (non-hydrogen) atoms. The lowest BCUT2D eigenvalue weighted by molar-refractivity contribution is -0.116. The van der Waals surface area contributed by atoms with E-state index in [1.165, 1.54) is 4.31 Å². The normalized spacial score (nSPS) is 17.4. The van der Waals surface area contributed by atoms with Crippen LogP contribution in [-0.4, -0.2) is 26.6 Å². The third-order valence-electron chi connectivity index (χ3n) is 2.99. The molecule has 1 aromatic rings. The van der Waals surface area contributed by atoms with Gasteiger partial charge in [0.05, 0.1) is 11.4 Å². The third kappa shape index (κ3) is 3.26. The molecule has 2 rings (SSSR count). The Morgan fingerprint density at radius 1 is 1.42 bits per heavy atom. The number of hydrogen-bond donors (Lipinski definition) is 1. The molecule has 1 aliphatic rings. The van der Waals surface area contributed by atoms with Gasteiger partial charge in [0, 0.05) is 18.7 Å². The van der Waals surface area contributed by atoms with Crippen molar-refractivity contribution < 1.29 is 13.2 Å². The maximum Gasteiger partial charge on any atom is 0.235 e. The Labute approximate surface area is 113 Å². The molecule has 1 amide bonds. The van der Waals surface area contributed by atoms with Crippen molar-refractivity contribution in [2.24, 2.45) is 0 Å². The van der Waals surface area contributed by atoms with Crippen molar-refractivity contribution in [1.82, 2.24) is 0 Å². The number of carbonyl (C=O) groups excluding carboxylic acids is 1. The molecule has 6 heteroatoms. The predicted octanol–water partition coefficient (Wildman–Crippen LogP) is 1.97. The van der Waals surface area contributed by atoms with Crippen LogP contribution >= 0.6 is 0 Å². The molecule has 1 aromatic carbocycles. The van der Waals surface area contributed by atoms with Crippen LogP contribution in [0.5, 0.6) is 0 Å². The first-order valence-electron chi connectivity index (χ1n) is 6.43. The summed E-state index contributed by atoms with van der Waals surface area (Å²) in [4.78, 5) is 11.5. The van der Waals surface area contributed by atoms with Crippen LogP contribution in [0.4, 0.5) is 11.4 Å². The van der Waals surface area contributed by atoms with Crippen molar-refractivity contribution in [1.29, 1.82) is 0 Å². The highest BCUT2D eigenvalue weighted by Gasteiger charge is 2.28. The zero-order valence-electron chi connectivity index (χ0n) is 10.9. The van der Waals surface area contributed by atoms with Gasteiger partial charge >= 0.3 is 0 Å². The average Bonchev–Trinajstić information content (AvgIpc) is 2.69. The molecule has 0 aliphatic carbocycles. The van der Waals surface area contributed by atoms with Gasteiger partial charge in [0.15, 0.2) is 0 Å². The summed E-state index contributed by atoms with van der Waals surface area (Å²) in [5.41, 5.74) is 1.25. The van der Waals surface area contributed by atoms with Crippen LogP contribution in [0.15, 0.2) is 24.3 Å². The topological polar surface area (TPSA) is 66.5 Å². The summed E-state index contributed by atoms with van der Waals surface area (Å²) in [6.07, 6.45) is 1.90. The van der Waals surface area contributed by atoms with Crippen LogP contribution in [0.1, 0.15) is 26.2 Å². The fourth-order valence-electron chi connectivity index (χ4n) is 2.12. The Morgan fingerprint density at radius 3 is 2.84 bits per heavy atom. The summed E-state index contributed by atoms with van der Waals surface area (Å²) >= 11 is 0. The molecule has 0 unspecified atom stereocenters. The van der Waals surface area contributed by atoms with E-state index in [0.717, 1.165) is 6.42 Å². The van der Waals surface area contributed by atoms with Crippen LogP contribution in [0.25, 0.3) is 0 Å². The maximum absolute atomic E-state index is 11.8. The maximum atomic E-state index is 11.8. The van der Waals surface area contributed by atoms with Gasteiger partial charge in [0.2, 0.25) is 15.9 Å². The first kappa shape index (κ1) is 13.9. The Kier molecular flexibility index (Phi) is 4.09. The van der Waals surface area contributed by atoms with E-state index in [1.807, 2.05) is 6.92 Å². The lowest BCUT2D eigenvalue weighted by Crippen LogP contribution is -2.25. The van der Waals surface area contributed by atoms with Crippen molar-refractivity contribution in [3.63, 3.8) is 0 Å². The molecule has 1 N–H and O–H groups in total. The van der Waals surface area contributed by atoms with Gasteiger partial charge in [-0.25, -0.2) is 8.42 Å². The predicted molar refractivity (Wildman–Crippen MR) is 75.7 cm³/mol.